The third-order valence-corrected chi connectivity index (χ3v) is 12.2. The SMILES string of the molecule is CC[C@H]1OC(=O)[C@H](C)[C@@H](O[C@@H]2C[C@](C)(OC)[C@H](O)[C@H](C)O2)[C@H](C)[C@@H](O[C@H]2O[C@H](C)C[C@H](N(C)C)[C@H]2O)[C@](C)(O)C[C@@H](C)CN(C)[C@H](C)[C@@H](O)[C@@]1(C)O. The van der Waals surface area contributed by atoms with Crippen LogP contribution in [0, 0.1) is 17.8 Å². The van der Waals surface area contributed by atoms with Crippen LogP contribution >= 0.6 is 0 Å². The first kappa shape index (κ1) is 45.4. The first-order valence-electron chi connectivity index (χ1n) is 19.1. The van der Waals surface area contributed by atoms with Crippen molar-refractivity contribution in [3.63, 3.8) is 0 Å². The molecule has 0 aromatic rings. The van der Waals surface area contributed by atoms with Gasteiger partial charge in [0.15, 0.2) is 12.6 Å². The Morgan fingerprint density at radius 1 is 0.942 bits per heavy atom. The number of cyclic esters (lactones) is 1. The first-order chi connectivity index (χ1) is 23.9. The van der Waals surface area contributed by atoms with Crippen molar-refractivity contribution in [2.24, 2.45) is 17.8 Å². The topological polar surface area (TPSA) is 180 Å². The molecule has 0 radical (unpaired) electrons. The molecule has 3 heterocycles. The number of methoxy groups -OCH3 is 1. The van der Waals surface area contributed by atoms with E-state index in [1.807, 2.05) is 51.7 Å². The summed E-state index contributed by atoms with van der Waals surface area (Å²) in [7, 11) is 7.12. The number of carbonyl (C=O) groups is 1. The van der Waals surface area contributed by atoms with E-state index in [0.29, 0.717) is 13.0 Å². The standard InChI is InChI=1S/C38H72N2O12/c1-15-27-38(10,46)31(42)24(6)40(13)19-20(2)17-36(8,45)33(52-35-29(41)26(39(11)12)16-21(3)48-35)22(4)30(23(5)34(44)50-27)51-28-18-37(9,47-14)32(43)25(7)49-28/h20-33,35,41-43,45-46H,15-19H2,1-14H3/t20-,21-,22+,23-,24-,25+,26+,27-,28-,29-,30+,31-,32-,33-,35-,36-,37+,38+/m1/s1. The van der Waals surface area contributed by atoms with Gasteiger partial charge in [-0.2, -0.15) is 0 Å². The minimum Gasteiger partial charge on any atom is -0.459 e. The molecule has 0 bridgehead atoms. The number of hydrogen-bond acceptors (Lipinski definition) is 14. The van der Waals surface area contributed by atoms with Crippen LogP contribution in [-0.4, -0.2) is 166 Å². The van der Waals surface area contributed by atoms with Gasteiger partial charge in [0.25, 0.3) is 0 Å². The number of carbonyl (C=O) groups excluding carboxylic acids is 1. The van der Waals surface area contributed by atoms with Crippen LogP contribution in [0.2, 0.25) is 0 Å². The molecule has 18 atom stereocenters. The molecule has 0 aliphatic carbocycles. The molecular formula is C38H72N2O12. The van der Waals surface area contributed by atoms with Crippen molar-refractivity contribution >= 4 is 5.97 Å². The van der Waals surface area contributed by atoms with Crippen LogP contribution in [-0.2, 0) is 33.2 Å². The van der Waals surface area contributed by atoms with Gasteiger partial charge < -0.3 is 63.8 Å². The summed E-state index contributed by atoms with van der Waals surface area (Å²) in [4.78, 5) is 18.0. The van der Waals surface area contributed by atoms with E-state index < -0.39 is 96.0 Å². The summed E-state index contributed by atoms with van der Waals surface area (Å²) in [6.07, 6.45) is -8.19. The summed E-state index contributed by atoms with van der Waals surface area (Å²) in [5.74, 6) is -2.58. The van der Waals surface area contributed by atoms with Crippen LogP contribution < -0.4 is 0 Å². The maximum atomic E-state index is 14.2. The largest absolute Gasteiger partial charge is 0.459 e. The molecule has 3 aliphatic heterocycles. The molecule has 3 rings (SSSR count). The first-order valence-corrected chi connectivity index (χ1v) is 19.1. The molecule has 0 saturated carbocycles. The van der Waals surface area contributed by atoms with Gasteiger partial charge in [-0.3, -0.25) is 4.79 Å². The third kappa shape index (κ3) is 10.0. The normalized spacial score (nSPS) is 49.6. The molecule has 0 spiro atoms. The number of hydrogen-bond donors (Lipinski definition) is 5. The van der Waals surface area contributed by atoms with E-state index in [0.717, 1.165) is 0 Å². The number of nitrogens with zero attached hydrogens (tertiary/aromatic N) is 2. The molecule has 3 fully saturated rings. The molecule has 52 heavy (non-hydrogen) atoms. The van der Waals surface area contributed by atoms with E-state index in [9.17, 15) is 30.3 Å². The minimum absolute atomic E-state index is 0.133. The van der Waals surface area contributed by atoms with Gasteiger partial charge in [0.2, 0.25) is 0 Å². The number of aliphatic hydroxyl groups excluding tert-OH is 3. The molecular weight excluding hydrogens is 676 g/mol. The Balaban J connectivity index is 2.17. The van der Waals surface area contributed by atoms with Gasteiger partial charge in [-0.15, -0.1) is 0 Å². The molecule has 3 aliphatic rings. The highest BCUT2D eigenvalue weighted by Gasteiger charge is 2.52. The van der Waals surface area contributed by atoms with Crippen LogP contribution in [0.1, 0.15) is 94.9 Å². The van der Waals surface area contributed by atoms with Crippen molar-refractivity contribution in [3.05, 3.63) is 0 Å². The lowest BCUT2D eigenvalue weighted by atomic mass is 9.77. The quantitative estimate of drug-likeness (QED) is 0.238. The number of likely N-dealkylation sites (N-methyl/N-ethyl adjacent to an activating group) is 2. The summed E-state index contributed by atoms with van der Waals surface area (Å²) in [5.41, 5.74) is -4.37. The second kappa shape index (κ2) is 17.8. The number of aliphatic hydroxyl groups is 5. The van der Waals surface area contributed by atoms with E-state index in [-0.39, 0.29) is 37.3 Å². The Morgan fingerprint density at radius 2 is 1.56 bits per heavy atom. The van der Waals surface area contributed by atoms with Gasteiger partial charge in [0.1, 0.15) is 30.0 Å². The lowest BCUT2D eigenvalue weighted by Gasteiger charge is -2.48. The smallest absolute Gasteiger partial charge is 0.311 e. The molecule has 0 amide bonds. The fourth-order valence-electron chi connectivity index (χ4n) is 8.74. The van der Waals surface area contributed by atoms with Crippen molar-refractivity contribution in [1.29, 1.82) is 0 Å². The maximum absolute atomic E-state index is 14.2. The fraction of sp³-hybridized carbons (Fsp3) is 0.974. The van der Waals surface area contributed by atoms with Gasteiger partial charge in [0.05, 0.1) is 41.5 Å². The molecule has 3 saturated heterocycles. The van der Waals surface area contributed by atoms with E-state index in [2.05, 4.69) is 0 Å². The lowest BCUT2D eigenvalue weighted by molar-refractivity contribution is -0.318. The van der Waals surface area contributed by atoms with Crippen LogP contribution in [0.15, 0.2) is 0 Å². The van der Waals surface area contributed by atoms with Gasteiger partial charge >= 0.3 is 5.97 Å². The molecule has 5 N–H and O–H groups in total. The Bertz CT molecular complexity index is 1140. The molecule has 0 aromatic carbocycles. The summed E-state index contributed by atoms with van der Waals surface area (Å²) in [6.45, 7) is 18.0. The van der Waals surface area contributed by atoms with E-state index in [4.69, 9.17) is 28.4 Å². The third-order valence-electron chi connectivity index (χ3n) is 12.2. The van der Waals surface area contributed by atoms with Gasteiger partial charge in [-0.05, 0) is 94.8 Å². The molecule has 14 heteroatoms. The van der Waals surface area contributed by atoms with Gasteiger partial charge in [-0.1, -0.05) is 20.8 Å². The Morgan fingerprint density at radius 3 is 2.12 bits per heavy atom. The number of rotatable bonds is 7. The second-order valence-corrected chi connectivity index (χ2v) is 17.2. The second-order valence-electron chi connectivity index (χ2n) is 17.2. The van der Waals surface area contributed by atoms with Crippen molar-refractivity contribution in [3.8, 4) is 0 Å². The van der Waals surface area contributed by atoms with Crippen LogP contribution in [0.3, 0.4) is 0 Å². The van der Waals surface area contributed by atoms with Crippen molar-refractivity contribution in [2.75, 3.05) is 34.8 Å². The van der Waals surface area contributed by atoms with Crippen LogP contribution in [0.5, 0.6) is 0 Å². The van der Waals surface area contributed by atoms with Gasteiger partial charge in [0, 0.05) is 38.1 Å². The summed E-state index contributed by atoms with van der Waals surface area (Å²) >= 11 is 0. The van der Waals surface area contributed by atoms with Crippen LogP contribution in [0.25, 0.3) is 0 Å². The average molecular weight is 749 g/mol. The maximum Gasteiger partial charge on any atom is 0.311 e. The zero-order valence-electron chi connectivity index (χ0n) is 34.2. The monoisotopic (exact) mass is 749 g/mol. The number of ether oxygens (including phenoxy) is 6. The van der Waals surface area contributed by atoms with Crippen molar-refractivity contribution < 1.29 is 58.7 Å². The highest BCUT2D eigenvalue weighted by atomic mass is 16.7. The Labute approximate surface area is 312 Å². The van der Waals surface area contributed by atoms with E-state index >= 15 is 0 Å². The van der Waals surface area contributed by atoms with Crippen molar-refractivity contribution in [2.45, 2.75) is 185 Å². The summed E-state index contributed by atoms with van der Waals surface area (Å²) in [6, 6.07) is -0.808. The lowest BCUT2D eigenvalue weighted by Crippen LogP contribution is -2.60. The van der Waals surface area contributed by atoms with Gasteiger partial charge in [-0.25, -0.2) is 0 Å². The van der Waals surface area contributed by atoms with E-state index in [1.165, 1.54) is 14.0 Å². The van der Waals surface area contributed by atoms with Crippen molar-refractivity contribution in [1.82, 2.24) is 9.80 Å². The fourth-order valence-corrected chi connectivity index (χ4v) is 8.74. The zero-order valence-corrected chi connectivity index (χ0v) is 34.2. The summed E-state index contributed by atoms with van der Waals surface area (Å²) < 4.78 is 37.5. The highest BCUT2D eigenvalue weighted by Crippen LogP contribution is 2.40. The minimum atomic E-state index is -1.80. The molecule has 0 aromatic heterocycles. The Kier molecular flexibility index (Phi) is 15.6. The molecule has 0 unspecified atom stereocenters. The predicted molar refractivity (Wildman–Crippen MR) is 194 cm³/mol. The number of esters is 1. The van der Waals surface area contributed by atoms with E-state index in [1.54, 1.807) is 41.5 Å². The Hall–Kier alpha value is -1.01. The highest BCUT2D eigenvalue weighted by molar-refractivity contribution is 5.73. The zero-order chi connectivity index (χ0) is 39.7. The average Bonchev–Trinajstić information content (AvgIpc) is 3.05. The molecule has 14 nitrogen and oxygen atoms in total. The van der Waals surface area contributed by atoms with Crippen LogP contribution in [0.4, 0.5) is 0 Å². The predicted octanol–water partition coefficient (Wildman–Crippen LogP) is 1.90. The molecule has 306 valence electrons. The summed E-state index contributed by atoms with van der Waals surface area (Å²) in [5, 5.41) is 58.1.